The minimum atomic E-state index is -0.273. The van der Waals surface area contributed by atoms with Gasteiger partial charge in [-0.25, -0.2) is 4.98 Å². The Morgan fingerprint density at radius 3 is 3.00 bits per heavy atom. The normalized spacial score (nSPS) is 11.0. The smallest absolute Gasteiger partial charge is 0.311 e. The molecule has 0 atom stereocenters. The lowest BCUT2D eigenvalue weighted by Crippen LogP contribution is -2.07. The Bertz CT molecular complexity index is 716. The van der Waals surface area contributed by atoms with Gasteiger partial charge in [0.2, 0.25) is 5.13 Å². The molecular weight excluding hydrogens is 350 g/mol. The maximum Gasteiger partial charge on any atom is 0.311 e. The molecule has 0 saturated carbocycles. The lowest BCUT2D eigenvalue weighted by atomic mass is 10.1. The Morgan fingerprint density at radius 1 is 1.35 bits per heavy atom. The fraction of sp³-hybridized carbons (Fsp3) is 0.421. The molecule has 0 fully saturated rings. The largest absolute Gasteiger partial charge is 0.466 e. The van der Waals surface area contributed by atoms with Crippen LogP contribution in [0, 0.1) is 0 Å². The predicted molar refractivity (Wildman–Crippen MR) is 105 cm³/mol. The Hall–Kier alpha value is -2.25. The van der Waals surface area contributed by atoms with Crippen LogP contribution in [0.15, 0.2) is 34.7 Å². The predicted octanol–water partition coefficient (Wildman–Crippen LogP) is 4.01. The maximum absolute atomic E-state index is 11.5. The number of aromatic nitrogens is 1. The van der Waals surface area contributed by atoms with Crippen LogP contribution in [0.3, 0.4) is 0 Å². The van der Waals surface area contributed by atoms with Crippen molar-refractivity contribution in [3.63, 3.8) is 0 Å². The van der Waals surface area contributed by atoms with Gasteiger partial charge in [-0.15, -0.1) is 11.3 Å². The van der Waals surface area contributed by atoms with Crippen molar-refractivity contribution in [3.05, 3.63) is 46.5 Å². The molecule has 1 heterocycles. The summed E-state index contributed by atoms with van der Waals surface area (Å²) in [5, 5.41) is 6.71. The molecule has 0 aliphatic heterocycles. The second kappa shape index (κ2) is 11.4. The van der Waals surface area contributed by atoms with Gasteiger partial charge < -0.3 is 9.47 Å². The third-order valence-corrected chi connectivity index (χ3v) is 4.30. The van der Waals surface area contributed by atoms with Gasteiger partial charge in [-0.3, -0.25) is 10.2 Å². The van der Waals surface area contributed by atoms with Crippen LogP contribution in [0.25, 0.3) is 0 Å². The highest BCUT2D eigenvalue weighted by molar-refractivity contribution is 7.13. The Balaban J connectivity index is 1.88. The van der Waals surface area contributed by atoms with Gasteiger partial charge in [0.25, 0.3) is 0 Å². The van der Waals surface area contributed by atoms with Crippen molar-refractivity contribution in [1.29, 1.82) is 0 Å². The second-order valence-electron chi connectivity index (χ2n) is 5.60. The van der Waals surface area contributed by atoms with Crippen molar-refractivity contribution in [2.24, 2.45) is 5.10 Å². The fourth-order valence-electron chi connectivity index (χ4n) is 2.18. The number of anilines is 1. The number of hydrogen-bond acceptors (Lipinski definition) is 7. The van der Waals surface area contributed by atoms with E-state index in [1.54, 1.807) is 13.1 Å². The van der Waals surface area contributed by atoms with E-state index >= 15 is 0 Å². The molecule has 1 N–H and O–H groups in total. The van der Waals surface area contributed by atoms with E-state index in [0.29, 0.717) is 24.0 Å². The van der Waals surface area contributed by atoms with Crippen molar-refractivity contribution in [1.82, 2.24) is 4.98 Å². The van der Waals surface area contributed by atoms with Gasteiger partial charge in [0, 0.05) is 17.6 Å². The molecule has 0 aliphatic carbocycles. The first-order valence-electron chi connectivity index (χ1n) is 8.77. The number of nitrogens with zero attached hydrogens (tertiary/aromatic N) is 2. The third kappa shape index (κ3) is 6.93. The molecule has 2 rings (SSSR count). The number of nitrogens with one attached hydrogen (secondary N) is 1. The highest BCUT2D eigenvalue weighted by atomic mass is 32.1. The van der Waals surface area contributed by atoms with Crippen LogP contribution < -0.4 is 5.43 Å². The molecule has 0 radical (unpaired) electrons. The van der Waals surface area contributed by atoms with Gasteiger partial charge in [0.05, 0.1) is 31.5 Å². The van der Waals surface area contributed by atoms with Gasteiger partial charge in [0.15, 0.2) is 0 Å². The Morgan fingerprint density at radius 2 is 2.19 bits per heavy atom. The molecule has 0 unspecified atom stereocenters. The number of carbonyl (C=O) groups excluding carboxylic acids is 1. The molecule has 0 amide bonds. The minimum absolute atomic E-state index is 0.174. The first-order valence-corrected chi connectivity index (χ1v) is 9.65. The molecule has 0 spiro atoms. The van der Waals surface area contributed by atoms with E-state index < -0.39 is 0 Å². The number of hydrazone groups is 1. The molecule has 140 valence electrons. The minimum Gasteiger partial charge on any atom is -0.466 e. The molecule has 6 nitrogen and oxygen atoms in total. The van der Waals surface area contributed by atoms with Gasteiger partial charge in [-0.2, -0.15) is 5.10 Å². The van der Waals surface area contributed by atoms with Crippen LogP contribution in [-0.4, -0.2) is 30.4 Å². The number of hydrogen-bond donors (Lipinski definition) is 1. The number of benzene rings is 1. The molecule has 2 aromatic rings. The molecule has 0 aliphatic rings. The van der Waals surface area contributed by atoms with Crippen LogP contribution in [0.5, 0.6) is 0 Å². The van der Waals surface area contributed by atoms with E-state index in [1.165, 1.54) is 11.3 Å². The topological polar surface area (TPSA) is 72.8 Å². The monoisotopic (exact) mass is 375 g/mol. The van der Waals surface area contributed by atoms with E-state index in [2.05, 4.69) is 22.4 Å². The number of esters is 1. The number of ether oxygens (including phenoxy) is 2. The molecule has 7 heteroatoms. The summed E-state index contributed by atoms with van der Waals surface area (Å²) in [4.78, 5) is 15.8. The zero-order valence-electron chi connectivity index (χ0n) is 15.2. The van der Waals surface area contributed by atoms with Crippen LogP contribution in [0.1, 0.15) is 43.5 Å². The summed E-state index contributed by atoms with van der Waals surface area (Å²) in [5.74, 6) is -0.273. The van der Waals surface area contributed by atoms with Gasteiger partial charge in [0.1, 0.15) is 0 Å². The molecule has 0 saturated heterocycles. The average molecular weight is 375 g/mol. The van der Waals surface area contributed by atoms with E-state index in [0.717, 1.165) is 30.6 Å². The maximum atomic E-state index is 11.5. The van der Waals surface area contributed by atoms with E-state index in [-0.39, 0.29) is 12.4 Å². The summed E-state index contributed by atoms with van der Waals surface area (Å²) in [6, 6.07) is 8.00. The molecule has 1 aromatic carbocycles. The van der Waals surface area contributed by atoms with Gasteiger partial charge in [-0.1, -0.05) is 37.6 Å². The standard InChI is InChI=1S/C19H25N3O3S/c1-3-5-10-24-13-16-9-7-6-8-15(16)12-20-22-19-21-17(14-26-19)11-18(23)25-4-2/h6-9,12,14H,3-5,10-11,13H2,1-2H3,(H,21,22). The van der Waals surface area contributed by atoms with Crippen LogP contribution in [0.2, 0.25) is 0 Å². The number of unbranched alkanes of at least 4 members (excludes halogenated alkanes) is 1. The van der Waals surface area contributed by atoms with E-state index in [1.807, 2.05) is 29.6 Å². The van der Waals surface area contributed by atoms with Crippen LogP contribution in [-0.2, 0) is 27.3 Å². The highest BCUT2D eigenvalue weighted by Crippen LogP contribution is 2.16. The van der Waals surface area contributed by atoms with Crippen molar-refractivity contribution in [3.8, 4) is 0 Å². The van der Waals surface area contributed by atoms with Gasteiger partial charge >= 0.3 is 5.97 Å². The molecule has 26 heavy (non-hydrogen) atoms. The first-order chi connectivity index (χ1) is 12.7. The summed E-state index contributed by atoms with van der Waals surface area (Å²) < 4.78 is 10.6. The quantitative estimate of drug-likeness (QED) is 0.278. The van der Waals surface area contributed by atoms with E-state index in [9.17, 15) is 4.79 Å². The van der Waals surface area contributed by atoms with Crippen molar-refractivity contribution >= 4 is 28.7 Å². The summed E-state index contributed by atoms with van der Waals surface area (Å²) in [7, 11) is 0. The third-order valence-electron chi connectivity index (χ3n) is 3.50. The summed E-state index contributed by atoms with van der Waals surface area (Å²) in [6.45, 7) is 5.64. The number of carbonyl (C=O) groups is 1. The summed E-state index contributed by atoms with van der Waals surface area (Å²) in [5.41, 5.74) is 5.68. The first kappa shape index (κ1) is 20.1. The molecule has 1 aromatic heterocycles. The highest BCUT2D eigenvalue weighted by Gasteiger charge is 2.08. The van der Waals surface area contributed by atoms with Crippen molar-refractivity contribution in [2.75, 3.05) is 18.6 Å². The van der Waals surface area contributed by atoms with Crippen molar-refractivity contribution in [2.45, 2.75) is 39.7 Å². The summed E-state index contributed by atoms with van der Waals surface area (Å²) >= 11 is 1.40. The lowest BCUT2D eigenvalue weighted by molar-refractivity contribution is -0.142. The Labute approximate surface area is 158 Å². The molecule has 0 bridgehead atoms. The fourth-order valence-corrected chi connectivity index (χ4v) is 2.84. The zero-order chi connectivity index (χ0) is 18.6. The van der Waals surface area contributed by atoms with E-state index in [4.69, 9.17) is 9.47 Å². The number of thiazole rings is 1. The number of rotatable bonds is 11. The summed E-state index contributed by atoms with van der Waals surface area (Å²) in [6.07, 6.45) is 4.12. The van der Waals surface area contributed by atoms with Crippen LogP contribution >= 0.6 is 11.3 Å². The van der Waals surface area contributed by atoms with Crippen molar-refractivity contribution < 1.29 is 14.3 Å². The molecular formula is C19H25N3O3S. The lowest BCUT2D eigenvalue weighted by Gasteiger charge is -2.06. The SMILES string of the molecule is CCCCOCc1ccccc1C=NNc1nc(CC(=O)OCC)cs1. The average Bonchev–Trinajstić information content (AvgIpc) is 3.07. The Kier molecular flexibility index (Phi) is 8.78. The van der Waals surface area contributed by atoms with Crippen LogP contribution in [0.4, 0.5) is 5.13 Å². The van der Waals surface area contributed by atoms with Gasteiger partial charge in [-0.05, 0) is 18.9 Å². The zero-order valence-corrected chi connectivity index (χ0v) is 16.1. The second-order valence-corrected chi connectivity index (χ2v) is 6.46.